The molecule has 33 heavy (non-hydrogen) atoms. The van der Waals surface area contributed by atoms with Crippen LogP contribution in [0, 0.1) is 0 Å². The average molecular weight is 483 g/mol. The van der Waals surface area contributed by atoms with Crippen LogP contribution in [0.4, 0.5) is 9.59 Å². The summed E-state index contributed by atoms with van der Waals surface area (Å²) in [5, 5.41) is 21.8. The predicted molar refractivity (Wildman–Crippen MR) is 112 cm³/mol. The number of methoxy groups -OCH3 is 1. The predicted octanol–water partition coefficient (Wildman–Crippen LogP) is 1.73. The lowest BCUT2D eigenvalue weighted by Crippen LogP contribution is -2.66. The smallest absolute Gasteiger partial charge is 0.432 e. The summed E-state index contributed by atoms with van der Waals surface area (Å²) in [6.45, 7) is 7.74. The van der Waals surface area contributed by atoms with E-state index in [9.17, 15) is 19.8 Å². The summed E-state index contributed by atoms with van der Waals surface area (Å²) in [5.41, 5.74) is 0. The molecule has 0 aromatic heterocycles. The first-order valence-electron chi connectivity index (χ1n) is 11.0. The molecular formula is C21H38O12. The molecule has 0 spiro atoms. The lowest BCUT2D eigenvalue weighted by atomic mass is 9.84. The van der Waals surface area contributed by atoms with Crippen molar-refractivity contribution in [1.82, 2.24) is 0 Å². The molecule has 0 aromatic rings. The molecule has 1 fully saturated rings. The van der Waals surface area contributed by atoms with Crippen molar-refractivity contribution < 1.29 is 57.7 Å². The third-order valence-corrected chi connectivity index (χ3v) is 4.61. The van der Waals surface area contributed by atoms with Gasteiger partial charge in [-0.15, -0.1) is 0 Å². The van der Waals surface area contributed by atoms with Crippen LogP contribution in [0.15, 0.2) is 0 Å². The summed E-state index contributed by atoms with van der Waals surface area (Å²) >= 11 is 0. The summed E-state index contributed by atoms with van der Waals surface area (Å²) < 4.78 is 41.5. The number of hydrogen-bond acceptors (Lipinski definition) is 12. The van der Waals surface area contributed by atoms with E-state index in [0.717, 1.165) is 12.8 Å². The van der Waals surface area contributed by atoms with Gasteiger partial charge in [0.25, 0.3) is 0 Å². The van der Waals surface area contributed by atoms with Gasteiger partial charge in [-0.25, -0.2) is 9.59 Å². The van der Waals surface area contributed by atoms with E-state index in [1.54, 1.807) is 27.7 Å². The van der Waals surface area contributed by atoms with Crippen molar-refractivity contribution in [2.24, 2.45) is 0 Å². The number of unbranched alkanes of at least 4 members (excludes halogenated alkanes) is 1. The zero-order valence-corrected chi connectivity index (χ0v) is 20.1. The van der Waals surface area contributed by atoms with Crippen LogP contribution in [-0.4, -0.2) is 98.7 Å². The average Bonchev–Trinajstić information content (AvgIpc) is 2.72. The summed E-state index contributed by atoms with van der Waals surface area (Å²) in [5.74, 6) is 0. The molecule has 1 saturated carbocycles. The van der Waals surface area contributed by atoms with E-state index >= 15 is 0 Å². The highest BCUT2D eigenvalue weighted by molar-refractivity contribution is 5.60. The van der Waals surface area contributed by atoms with Gasteiger partial charge in [-0.1, -0.05) is 13.3 Å². The van der Waals surface area contributed by atoms with Gasteiger partial charge >= 0.3 is 12.3 Å². The van der Waals surface area contributed by atoms with Crippen molar-refractivity contribution in [3.8, 4) is 0 Å². The SMILES string of the molecule is CCCCOC1C(O)C(OCOC(=O)OC(C)C)C(OCOC(=O)OC(C)C)C(O)C1OC. The number of aliphatic hydroxyl groups is 2. The first kappa shape index (κ1) is 29.3. The van der Waals surface area contributed by atoms with Crippen molar-refractivity contribution in [3.63, 3.8) is 0 Å². The van der Waals surface area contributed by atoms with Gasteiger partial charge in [0.15, 0.2) is 13.6 Å². The van der Waals surface area contributed by atoms with Crippen LogP contribution in [-0.2, 0) is 37.9 Å². The minimum absolute atomic E-state index is 0.324. The monoisotopic (exact) mass is 482 g/mol. The molecule has 1 aliphatic carbocycles. The Labute approximate surface area is 194 Å². The van der Waals surface area contributed by atoms with E-state index in [1.165, 1.54) is 7.11 Å². The summed E-state index contributed by atoms with van der Waals surface area (Å²) in [6, 6.07) is 0. The number of rotatable bonds is 13. The van der Waals surface area contributed by atoms with Crippen LogP contribution in [0.5, 0.6) is 0 Å². The number of hydrogen-bond donors (Lipinski definition) is 2. The lowest BCUT2D eigenvalue weighted by molar-refractivity contribution is -0.279. The molecule has 0 radical (unpaired) electrons. The Balaban J connectivity index is 2.89. The molecule has 6 unspecified atom stereocenters. The second-order valence-electron chi connectivity index (χ2n) is 7.99. The minimum Gasteiger partial charge on any atom is -0.432 e. The molecule has 6 atom stereocenters. The molecule has 12 heteroatoms. The highest BCUT2D eigenvalue weighted by Crippen LogP contribution is 2.30. The molecule has 0 saturated heterocycles. The van der Waals surface area contributed by atoms with E-state index in [-0.39, 0.29) is 0 Å². The Hall–Kier alpha value is -1.70. The van der Waals surface area contributed by atoms with Crippen molar-refractivity contribution in [1.29, 1.82) is 0 Å². The molecular weight excluding hydrogens is 444 g/mol. The summed E-state index contributed by atoms with van der Waals surface area (Å²) in [7, 11) is 1.36. The number of ether oxygens (including phenoxy) is 8. The van der Waals surface area contributed by atoms with Crippen LogP contribution in [0.3, 0.4) is 0 Å². The topological polar surface area (TPSA) is 148 Å². The van der Waals surface area contributed by atoms with Gasteiger partial charge in [0.05, 0.1) is 12.2 Å². The normalized spacial score (nSPS) is 27.5. The Morgan fingerprint density at radius 2 is 1.18 bits per heavy atom. The first-order chi connectivity index (χ1) is 15.6. The molecule has 0 aromatic carbocycles. The maximum atomic E-state index is 11.6. The standard InChI is InChI=1S/C21H38O12/c1-7-8-9-27-17-15(23)19(29-11-31-21(25)33-13(4)5)18(14(22)16(17)26-6)28-10-30-20(24)32-12(2)3/h12-19,22-23H,7-11H2,1-6H3. The van der Waals surface area contributed by atoms with E-state index < -0.39 is 74.7 Å². The Morgan fingerprint density at radius 1 is 0.758 bits per heavy atom. The van der Waals surface area contributed by atoms with E-state index in [0.29, 0.717) is 6.61 Å². The van der Waals surface area contributed by atoms with Crippen LogP contribution in [0.25, 0.3) is 0 Å². The Kier molecular flexibility index (Phi) is 13.6. The van der Waals surface area contributed by atoms with Crippen molar-refractivity contribution in [3.05, 3.63) is 0 Å². The Morgan fingerprint density at radius 3 is 1.58 bits per heavy atom. The van der Waals surface area contributed by atoms with Gasteiger partial charge in [-0.3, -0.25) is 0 Å². The second-order valence-corrected chi connectivity index (χ2v) is 7.99. The zero-order chi connectivity index (χ0) is 25.0. The third kappa shape index (κ3) is 9.98. The molecule has 2 N–H and O–H groups in total. The highest BCUT2D eigenvalue weighted by atomic mass is 16.8. The molecule has 0 amide bonds. The van der Waals surface area contributed by atoms with Crippen LogP contribution < -0.4 is 0 Å². The second kappa shape index (κ2) is 15.3. The molecule has 0 heterocycles. The van der Waals surface area contributed by atoms with Gasteiger partial charge in [0.2, 0.25) is 0 Å². The highest BCUT2D eigenvalue weighted by Gasteiger charge is 2.52. The molecule has 1 aliphatic rings. The fraction of sp³-hybridized carbons (Fsp3) is 0.905. The van der Waals surface area contributed by atoms with Crippen LogP contribution in [0.2, 0.25) is 0 Å². The first-order valence-corrected chi connectivity index (χ1v) is 11.0. The quantitative estimate of drug-likeness (QED) is 0.224. The van der Waals surface area contributed by atoms with Crippen LogP contribution >= 0.6 is 0 Å². The maximum absolute atomic E-state index is 11.6. The number of aliphatic hydroxyl groups excluding tert-OH is 2. The van der Waals surface area contributed by atoms with Crippen molar-refractivity contribution in [2.45, 2.75) is 96.3 Å². The fourth-order valence-corrected chi connectivity index (χ4v) is 3.14. The molecule has 1 rings (SSSR count). The fourth-order valence-electron chi connectivity index (χ4n) is 3.14. The van der Waals surface area contributed by atoms with E-state index in [4.69, 9.17) is 37.9 Å². The van der Waals surface area contributed by atoms with Gasteiger partial charge < -0.3 is 48.1 Å². The van der Waals surface area contributed by atoms with E-state index in [2.05, 4.69) is 0 Å². The lowest BCUT2D eigenvalue weighted by Gasteiger charge is -2.46. The minimum atomic E-state index is -1.33. The zero-order valence-electron chi connectivity index (χ0n) is 20.1. The molecule has 12 nitrogen and oxygen atoms in total. The molecule has 0 aliphatic heterocycles. The van der Waals surface area contributed by atoms with Crippen molar-refractivity contribution >= 4 is 12.3 Å². The van der Waals surface area contributed by atoms with Gasteiger partial charge in [-0.2, -0.15) is 0 Å². The summed E-state index contributed by atoms with van der Waals surface area (Å²) in [4.78, 5) is 23.2. The largest absolute Gasteiger partial charge is 0.510 e. The van der Waals surface area contributed by atoms with Crippen molar-refractivity contribution in [2.75, 3.05) is 27.3 Å². The number of carbonyl (C=O) groups excluding carboxylic acids is 2. The molecule has 194 valence electrons. The van der Waals surface area contributed by atoms with E-state index in [1.807, 2.05) is 6.92 Å². The number of carbonyl (C=O) groups is 2. The molecule has 0 bridgehead atoms. The third-order valence-electron chi connectivity index (χ3n) is 4.61. The van der Waals surface area contributed by atoms with Crippen LogP contribution in [0.1, 0.15) is 47.5 Å². The van der Waals surface area contributed by atoms with Gasteiger partial charge in [0, 0.05) is 13.7 Å². The van der Waals surface area contributed by atoms with Gasteiger partial charge in [0.1, 0.15) is 36.6 Å². The summed E-state index contributed by atoms with van der Waals surface area (Å²) in [6.07, 6.45) is -8.10. The van der Waals surface area contributed by atoms with Gasteiger partial charge in [-0.05, 0) is 34.1 Å². The maximum Gasteiger partial charge on any atom is 0.510 e. The Bertz CT molecular complexity index is 569.